The van der Waals surface area contributed by atoms with Gasteiger partial charge in [-0.25, -0.2) is 4.98 Å². The number of ether oxygens (including phenoxy) is 1. The summed E-state index contributed by atoms with van der Waals surface area (Å²) in [5.74, 6) is 2.06. The Balaban J connectivity index is 1.03. The van der Waals surface area contributed by atoms with E-state index in [4.69, 9.17) is 14.4 Å². The SMILES string of the molecule is COCC1(c2ccc(-c3noc(-c4cc(C)n(Cc5ccnc(N6CCN(C7CC7)CC6)c5)n4)n3)cc2)CCC1. The Morgan fingerprint density at radius 3 is 2.52 bits per heavy atom. The van der Waals surface area contributed by atoms with Crippen molar-refractivity contribution in [2.45, 2.75) is 57.0 Å². The lowest BCUT2D eigenvalue weighted by atomic mass is 9.65. The average Bonchev–Trinajstić information content (AvgIpc) is 3.59. The summed E-state index contributed by atoms with van der Waals surface area (Å²) in [5.41, 5.74) is 5.31. The number of benzene rings is 1. The molecule has 0 unspecified atom stereocenters. The van der Waals surface area contributed by atoms with E-state index in [2.05, 4.69) is 68.2 Å². The molecule has 208 valence electrons. The summed E-state index contributed by atoms with van der Waals surface area (Å²) in [6.45, 7) is 7.81. The van der Waals surface area contributed by atoms with E-state index in [1.165, 1.54) is 43.2 Å². The number of pyridine rings is 1. The van der Waals surface area contributed by atoms with Gasteiger partial charge in [0.05, 0.1) is 13.2 Å². The standard InChI is InChI=1S/C31H37N7O2/c1-22-18-27(30-33-29(35-40-30)24-4-6-25(7-5-24)31(21-39-2)11-3-12-31)34-38(22)20-23-10-13-32-28(19-23)37-16-14-36(15-17-37)26-8-9-26/h4-7,10,13,18-19,26H,3,8-9,11-12,14-17,20-21H2,1-2H3. The third kappa shape index (κ3) is 4.92. The fourth-order valence-corrected chi connectivity index (χ4v) is 6.25. The van der Waals surface area contributed by atoms with Crippen LogP contribution in [0.3, 0.4) is 0 Å². The van der Waals surface area contributed by atoms with Crippen LogP contribution in [0.15, 0.2) is 53.2 Å². The van der Waals surface area contributed by atoms with Crippen LogP contribution in [0.1, 0.15) is 48.9 Å². The van der Waals surface area contributed by atoms with E-state index in [1.54, 1.807) is 7.11 Å². The lowest BCUT2D eigenvalue weighted by Crippen LogP contribution is -2.47. The van der Waals surface area contributed by atoms with Crippen LogP contribution in [0.25, 0.3) is 23.0 Å². The van der Waals surface area contributed by atoms with Gasteiger partial charge in [-0.15, -0.1) is 0 Å². The van der Waals surface area contributed by atoms with Gasteiger partial charge in [0.2, 0.25) is 5.82 Å². The van der Waals surface area contributed by atoms with Gasteiger partial charge in [0.1, 0.15) is 5.82 Å². The Hall–Kier alpha value is -3.56. The van der Waals surface area contributed by atoms with Gasteiger partial charge in [0, 0.05) is 62.2 Å². The third-order valence-electron chi connectivity index (χ3n) is 8.96. The zero-order valence-corrected chi connectivity index (χ0v) is 23.4. The van der Waals surface area contributed by atoms with Crippen LogP contribution in [0.5, 0.6) is 0 Å². The van der Waals surface area contributed by atoms with Crippen LogP contribution in [0, 0.1) is 6.92 Å². The van der Waals surface area contributed by atoms with Gasteiger partial charge in [-0.1, -0.05) is 35.8 Å². The number of methoxy groups -OCH3 is 1. The van der Waals surface area contributed by atoms with Crippen molar-refractivity contribution in [2.24, 2.45) is 0 Å². The van der Waals surface area contributed by atoms with E-state index in [-0.39, 0.29) is 5.41 Å². The van der Waals surface area contributed by atoms with Crippen LogP contribution < -0.4 is 4.90 Å². The monoisotopic (exact) mass is 539 g/mol. The van der Waals surface area contributed by atoms with Crippen molar-refractivity contribution in [1.82, 2.24) is 29.8 Å². The summed E-state index contributed by atoms with van der Waals surface area (Å²) in [6.07, 6.45) is 8.25. The first-order valence-electron chi connectivity index (χ1n) is 14.5. The van der Waals surface area contributed by atoms with Crippen molar-refractivity contribution in [1.29, 1.82) is 0 Å². The molecule has 4 heterocycles. The van der Waals surface area contributed by atoms with Crippen LogP contribution in [-0.4, -0.2) is 75.7 Å². The summed E-state index contributed by atoms with van der Waals surface area (Å²) < 4.78 is 13.1. The number of piperazine rings is 1. The second kappa shape index (κ2) is 10.4. The molecule has 4 aromatic rings. The van der Waals surface area contributed by atoms with E-state index in [9.17, 15) is 0 Å². The number of aryl methyl sites for hydroxylation is 1. The largest absolute Gasteiger partial charge is 0.384 e. The number of hydrogen-bond acceptors (Lipinski definition) is 8. The Labute approximate surface area is 235 Å². The van der Waals surface area contributed by atoms with Gasteiger partial charge in [-0.3, -0.25) is 9.58 Å². The molecule has 3 aliphatic rings. The van der Waals surface area contributed by atoms with Crippen LogP contribution in [0.2, 0.25) is 0 Å². The second-order valence-corrected chi connectivity index (χ2v) is 11.7. The van der Waals surface area contributed by atoms with E-state index >= 15 is 0 Å². The quantitative estimate of drug-likeness (QED) is 0.303. The summed E-state index contributed by atoms with van der Waals surface area (Å²) in [5, 5.41) is 9.07. The van der Waals surface area contributed by atoms with Gasteiger partial charge in [-0.05, 0) is 61.9 Å². The molecule has 2 saturated carbocycles. The fraction of sp³-hybridized carbons (Fsp3) is 0.484. The molecule has 1 aromatic carbocycles. The minimum Gasteiger partial charge on any atom is -0.384 e. The Morgan fingerprint density at radius 1 is 1.02 bits per heavy atom. The summed E-state index contributed by atoms with van der Waals surface area (Å²) in [4.78, 5) is 14.4. The van der Waals surface area contributed by atoms with Crippen molar-refractivity contribution < 1.29 is 9.26 Å². The number of rotatable bonds is 9. The van der Waals surface area contributed by atoms with Crippen LogP contribution >= 0.6 is 0 Å². The molecule has 0 N–H and O–H groups in total. The maximum atomic E-state index is 5.64. The molecule has 9 heteroatoms. The van der Waals surface area contributed by atoms with Crippen molar-refractivity contribution in [2.75, 3.05) is 44.8 Å². The molecule has 0 atom stereocenters. The second-order valence-electron chi connectivity index (χ2n) is 11.7. The normalized spacial score (nSPS) is 19.1. The average molecular weight is 540 g/mol. The van der Waals surface area contributed by atoms with Crippen molar-refractivity contribution in [3.8, 4) is 23.0 Å². The summed E-state index contributed by atoms with van der Waals surface area (Å²) >= 11 is 0. The van der Waals surface area contributed by atoms with E-state index < -0.39 is 0 Å². The lowest BCUT2D eigenvalue weighted by Gasteiger charge is -2.42. The molecule has 0 spiro atoms. The van der Waals surface area contributed by atoms with E-state index in [0.717, 1.165) is 55.9 Å². The topological polar surface area (TPSA) is 85.3 Å². The maximum Gasteiger partial charge on any atom is 0.278 e. The number of hydrogen-bond donors (Lipinski definition) is 0. The van der Waals surface area contributed by atoms with E-state index in [0.29, 0.717) is 24.0 Å². The molecule has 0 amide bonds. The molecule has 7 rings (SSSR count). The van der Waals surface area contributed by atoms with Gasteiger partial charge in [0.15, 0.2) is 5.69 Å². The van der Waals surface area contributed by atoms with E-state index in [1.807, 2.05) is 16.9 Å². The van der Waals surface area contributed by atoms with Crippen molar-refractivity contribution in [3.05, 3.63) is 65.5 Å². The predicted octanol–water partition coefficient (Wildman–Crippen LogP) is 4.70. The molecule has 3 fully saturated rings. The zero-order chi connectivity index (χ0) is 27.1. The molecule has 9 nitrogen and oxygen atoms in total. The van der Waals surface area contributed by atoms with Crippen molar-refractivity contribution in [3.63, 3.8) is 0 Å². The number of anilines is 1. The molecule has 1 saturated heterocycles. The van der Waals surface area contributed by atoms with Gasteiger partial charge < -0.3 is 14.2 Å². The number of nitrogens with zero attached hydrogens (tertiary/aromatic N) is 7. The molecule has 1 aliphatic heterocycles. The molecule has 0 bridgehead atoms. The molecule has 3 aromatic heterocycles. The first-order valence-corrected chi connectivity index (χ1v) is 14.5. The molecule has 2 aliphatic carbocycles. The lowest BCUT2D eigenvalue weighted by molar-refractivity contribution is 0.0792. The van der Waals surface area contributed by atoms with Gasteiger partial charge >= 0.3 is 0 Å². The highest BCUT2D eigenvalue weighted by molar-refractivity contribution is 5.59. The van der Waals surface area contributed by atoms with Crippen molar-refractivity contribution >= 4 is 5.82 Å². The fourth-order valence-electron chi connectivity index (χ4n) is 6.25. The maximum absolute atomic E-state index is 5.64. The third-order valence-corrected chi connectivity index (χ3v) is 8.96. The molecule has 40 heavy (non-hydrogen) atoms. The highest BCUT2D eigenvalue weighted by atomic mass is 16.5. The molecule has 0 radical (unpaired) electrons. The smallest absolute Gasteiger partial charge is 0.278 e. The minimum absolute atomic E-state index is 0.153. The Morgan fingerprint density at radius 2 is 1.82 bits per heavy atom. The Kier molecular flexibility index (Phi) is 6.64. The van der Waals surface area contributed by atoms with Gasteiger partial charge in [-0.2, -0.15) is 10.1 Å². The summed E-state index contributed by atoms with van der Waals surface area (Å²) in [7, 11) is 1.78. The van der Waals surface area contributed by atoms with Crippen LogP contribution in [-0.2, 0) is 16.7 Å². The highest BCUT2D eigenvalue weighted by Gasteiger charge is 2.38. The van der Waals surface area contributed by atoms with Gasteiger partial charge in [0.25, 0.3) is 5.89 Å². The van der Waals surface area contributed by atoms with Crippen LogP contribution in [0.4, 0.5) is 5.82 Å². The first-order chi connectivity index (χ1) is 19.6. The number of aromatic nitrogens is 5. The highest BCUT2D eigenvalue weighted by Crippen LogP contribution is 2.44. The zero-order valence-electron chi connectivity index (χ0n) is 23.4. The summed E-state index contributed by atoms with van der Waals surface area (Å²) in [6, 6.07) is 15.6. The predicted molar refractivity (Wildman–Crippen MR) is 153 cm³/mol. The minimum atomic E-state index is 0.153. The first kappa shape index (κ1) is 25.4. The molecular formula is C31H37N7O2. The Bertz CT molecular complexity index is 1460. The molecular weight excluding hydrogens is 502 g/mol.